The van der Waals surface area contributed by atoms with Crippen LogP contribution in [0.3, 0.4) is 0 Å². The second kappa shape index (κ2) is 6.60. The maximum Gasteiger partial charge on any atom is 0.153 e. The van der Waals surface area contributed by atoms with Gasteiger partial charge in [-0.05, 0) is 12.3 Å². The lowest BCUT2D eigenvalue weighted by atomic mass is 9.98. The molecule has 0 aliphatic carbocycles. The quantitative estimate of drug-likeness (QED) is 0.702. The van der Waals surface area contributed by atoms with E-state index in [0.29, 0.717) is 0 Å². The van der Waals surface area contributed by atoms with Crippen LogP contribution in [0.15, 0.2) is 0 Å². The summed E-state index contributed by atoms with van der Waals surface area (Å²) in [6.45, 7) is 2.19. The molecule has 96 valence electrons. The van der Waals surface area contributed by atoms with Crippen molar-refractivity contribution in [2.75, 3.05) is 11.5 Å². The van der Waals surface area contributed by atoms with Crippen molar-refractivity contribution in [3.63, 3.8) is 0 Å². The van der Waals surface area contributed by atoms with Gasteiger partial charge in [0.25, 0.3) is 0 Å². The van der Waals surface area contributed by atoms with E-state index in [1.54, 1.807) is 0 Å². The monoisotopic (exact) mass is 248 g/mol. The van der Waals surface area contributed by atoms with Crippen LogP contribution < -0.4 is 0 Å². The van der Waals surface area contributed by atoms with Gasteiger partial charge in [-0.25, -0.2) is 8.42 Å². The number of hydrogen-bond donors (Lipinski definition) is 1. The van der Waals surface area contributed by atoms with Gasteiger partial charge in [0.2, 0.25) is 0 Å². The van der Waals surface area contributed by atoms with E-state index >= 15 is 0 Å². The molecule has 0 spiro atoms. The predicted molar refractivity (Wildman–Crippen MR) is 66.1 cm³/mol. The molecule has 3 nitrogen and oxygen atoms in total. The third-order valence-electron chi connectivity index (χ3n) is 3.37. The maximum absolute atomic E-state index is 11.3. The molecule has 0 unspecified atom stereocenters. The van der Waals surface area contributed by atoms with E-state index in [4.69, 9.17) is 0 Å². The van der Waals surface area contributed by atoms with Crippen LogP contribution in [0.5, 0.6) is 0 Å². The number of rotatable bonds is 7. The zero-order valence-electron chi connectivity index (χ0n) is 10.2. The SMILES string of the molecule is CCCCCCCC[C@@H]1CS(=O)(=O)C[C@@H]1O. The van der Waals surface area contributed by atoms with E-state index in [2.05, 4.69) is 6.92 Å². The zero-order chi connectivity index (χ0) is 12.0. The summed E-state index contributed by atoms with van der Waals surface area (Å²) < 4.78 is 22.5. The standard InChI is InChI=1S/C12H24O3S/c1-2-3-4-5-6-7-8-11-9-16(14,15)10-12(11)13/h11-13H,2-10H2,1H3/t11-,12+/m1/s1. The molecule has 0 aromatic heterocycles. The number of sulfone groups is 1. The summed E-state index contributed by atoms with van der Waals surface area (Å²) in [5, 5.41) is 9.59. The fourth-order valence-corrected chi connectivity index (χ4v) is 4.33. The molecule has 1 fully saturated rings. The molecule has 0 aromatic carbocycles. The number of unbranched alkanes of at least 4 members (excludes halogenated alkanes) is 5. The first-order valence-corrected chi connectivity index (χ1v) is 8.26. The maximum atomic E-state index is 11.3. The Balaban J connectivity index is 2.10. The number of hydrogen-bond acceptors (Lipinski definition) is 3. The Bertz CT molecular complexity index is 285. The Kier molecular flexibility index (Phi) is 5.76. The molecular weight excluding hydrogens is 224 g/mol. The van der Waals surface area contributed by atoms with Crippen LogP contribution >= 0.6 is 0 Å². The predicted octanol–water partition coefficient (Wildman–Crippen LogP) is 2.14. The summed E-state index contributed by atoms with van der Waals surface area (Å²) >= 11 is 0. The minimum atomic E-state index is -2.95. The van der Waals surface area contributed by atoms with E-state index < -0.39 is 15.9 Å². The Hall–Kier alpha value is -0.0900. The molecule has 1 N–H and O–H groups in total. The van der Waals surface area contributed by atoms with Gasteiger partial charge in [0.15, 0.2) is 9.84 Å². The lowest BCUT2D eigenvalue weighted by Gasteiger charge is -2.11. The summed E-state index contributed by atoms with van der Waals surface area (Å²) in [5.74, 6) is 0.174. The summed E-state index contributed by atoms with van der Waals surface area (Å²) in [6.07, 6.45) is 7.54. The minimum Gasteiger partial charge on any atom is -0.392 e. The summed E-state index contributed by atoms with van der Waals surface area (Å²) in [4.78, 5) is 0. The molecule has 1 aliphatic heterocycles. The Labute approximate surface area is 99.2 Å². The van der Waals surface area contributed by atoms with Gasteiger partial charge < -0.3 is 5.11 Å². The zero-order valence-corrected chi connectivity index (χ0v) is 11.0. The van der Waals surface area contributed by atoms with Crippen LogP contribution in [0.4, 0.5) is 0 Å². The topological polar surface area (TPSA) is 54.4 Å². The molecule has 0 aromatic rings. The van der Waals surface area contributed by atoms with Crippen molar-refractivity contribution in [1.29, 1.82) is 0 Å². The Morgan fingerprint density at radius 1 is 1.06 bits per heavy atom. The number of aliphatic hydroxyl groups excluding tert-OH is 1. The fraction of sp³-hybridized carbons (Fsp3) is 1.00. The van der Waals surface area contributed by atoms with Gasteiger partial charge in [-0.1, -0.05) is 45.4 Å². The van der Waals surface area contributed by atoms with Crippen molar-refractivity contribution in [2.24, 2.45) is 5.92 Å². The van der Waals surface area contributed by atoms with Gasteiger partial charge >= 0.3 is 0 Å². The van der Waals surface area contributed by atoms with Crippen molar-refractivity contribution in [3.05, 3.63) is 0 Å². The smallest absolute Gasteiger partial charge is 0.153 e. The Morgan fingerprint density at radius 2 is 1.69 bits per heavy atom. The van der Waals surface area contributed by atoms with Crippen LogP contribution in [0, 0.1) is 5.92 Å². The van der Waals surface area contributed by atoms with Gasteiger partial charge in [0.1, 0.15) is 0 Å². The molecule has 0 saturated carbocycles. The molecule has 16 heavy (non-hydrogen) atoms. The average molecular weight is 248 g/mol. The molecule has 4 heteroatoms. The first kappa shape index (κ1) is 14.0. The van der Waals surface area contributed by atoms with Crippen LogP contribution in [-0.4, -0.2) is 31.1 Å². The minimum absolute atomic E-state index is 0.00354. The molecule has 0 bridgehead atoms. The van der Waals surface area contributed by atoms with Gasteiger partial charge in [-0.2, -0.15) is 0 Å². The van der Waals surface area contributed by atoms with Crippen molar-refractivity contribution >= 4 is 9.84 Å². The average Bonchev–Trinajstić information content (AvgIpc) is 2.45. The molecule has 1 heterocycles. The highest BCUT2D eigenvalue weighted by Crippen LogP contribution is 2.24. The summed E-state index contributed by atoms with van der Waals surface area (Å²) in [6, 6.07) is 0. The lowest BCUT2D eigenvalue weighted by Crippen LogP contribution is -2.17. The summed E-state index contributed by atoms with van der Waals surface area (Å²) in [7, 11) is -2.95. The second-order valence-electron chi connectivity index (χ2n) is 4.96. The van der Waals surface area contributed by atoms with E-state index in [1.807, 2.05) is 0 Å². The molecule has 2 atom stereocenters. The highest BCUT2D eigenvalue weighted by atomic mass is 32.2. The van der Waals surface area contributed by atoms with Gasteiger partial charge in [-0.3, -0.25) is 0 Å². The highest BCUT2D eigenvalue weighted by Gasteiger charge is 2.35. The normalized spacial score (nSPS) is 28.4. The largest absolute Gasteiger partial charge is 0.392 e. The van der Waals surface area contributed by atoms with E-state index in [9.17, 15) is 13.5 Å². The molecule has 0 radical (unpaired) electrons. The fourth-order valence-electron chi connectivity index (χ4n) is 2.36. The second-order valence-corrected chi connectivity index (χ2v) is 7.11. The highest BCUT2D eigenvalue weighted by molar-refractivity contribution is 7.91. The third kappa shape index (κ3) is 4.83. The van der Waals surface area contributed by atoms with Gasteiger partial charge in [0, 0.05) is 0 Å². The van der Waals surface area contributed by atoms with Crippen LogP contribution in [-0.2, 0) is 9.84 Å². The summed E-state index contributed by atoms with van der Waals surface area (Å²) in [5.41, 5.74) is 0. The van der Waals surface area contributed by atoms with Gasteiger partial charge in [-0.15, -0.1) is 0 Å². The van der Waals surface area contributed by atoms with Crippen molar-refractivity contribution in [3.8, 4) is 0 Å². The first-order chi connectivity index (χ1) is 7.55. The van der Waals surface area contributed by atoms with Crippen molar-refractivity contribution in [1.82, 2.24) is 0 Å². The molecule has 1 rings (SSSR count). The first-order valence-electron chi connectivity index (χ1n) is 6.43. The molecule has 0 amide bonds. The van der Waals surface area contributed by atoms with E-state index in [-0.39, 0.29) is 17.4 Å². The third-order valence-corrected chi connectivity index (χ3v) is 5.15. The van der Waals surface area contributed by atoms with Crippen molar-refractivity contribution < 1.29 is 13.5 Å². The van der Waals surface area contributed by atoms with Crippen LogP contribution in [0.25, 0.3) is 0 Å². The van der Waals surface area contributed by atoms with Crippen molar-refractivity contribution in [2.45, 2.75) is 58.0 Å². The molecule has 1 aliphatic rings. The van der Waals surface area contributed by atoms with Crippen LogP contribution in [0.2, 0.25) is 0 Å². The molecule has 1 saturated heterocycles. The van der Waals surface area contributed by atoms with E-state index in [0.717, 1.165) is 12.8 Å². The molecular formula is C12H24O3S. The van der Waals surface area contributed by atoms with Gasteiger partial charge in [0.05, 0.1) is 17.6 Å². The van der Waals surface area contributed by atoms with E-state index in [1.165, 1.54) is 32.1 Å². The van der Waals surface area contributed by atoms with Crippen LogP contribution in [0.1, 0.15) is 51.9 Å². The number of aliphatic hydroxyl groups is 1. The Morgan fingerprint density at radius 3 is 2.25 bits per heavy atom. The lowest BCUT2D eigenvalue weighted by molar-refractivity contribution is 0.143.